The van der Waals surface area contributed by atoms with Crippen molar-refractivity contribution in [3.63, 3.8) is 0 Å². The van der Waals surface area contributed by atoms with Crippen LogP contribution in [0.15, 0.2) is 48.5 Å². The highest BCUT2D eigenvalue weighted by Gasteiger charge is 2.22. The summed E-state index contributed by atoms with van der Waals surface area (Å²) < 4.78 is 5.40. The molecular formula is C21H24ClN3O3. The average Bonchev–Trinajstić information content (AvgIpc) is 2.73. The topological polar surface area (TPSA) is 61.9 Å². The summed E-state index contributed by atoms with van der Waals surface area (Å²) in [5, 5.41) is 3.37. The van der Waals surface area contributed by atoms with E-state index < -0.39 is 0 Å². The number of carbonyl (C=O) groups excluding carboxylic acids is 2. The van der Waals surface area contributed by atoms with Crippen LogP contribution in [0.5, 0.6) is 5.75 Å². The van der Waals surface area contributed by atoms with Crippen LogP contribution in [-0.4, -0.2) is 61.4 Å². The molecule has 0 saturated carbocycles. The van der Waals surface area contributed by atoms with Crippen molar-refractivity contribution in [2.75, 3.05) is 39.8 Å². The zero-order chi connectivity index (χ0) is 19.9. The summed E-state index contributed by atoms with van der Waals surface area (Å²) in [6.07, 6.45) is 0. The lowest BCUT2D eigenvalue weighted by Crippen LogP contribution is -2.50. The number of benzene rings is 2. The first-order valence-corrected chi connectivity index (χ1v) is 9.60. The van der Waals surface area contributed by atoms with Crippen LogP contribution in [0, 0.1) is 0 Å². The van der Waals surface area contributed by atoms with Crippen LogP contribution < -0.4 is 10.1 Å². The maximum absolute atomic E-state index is 12.4. The molecule has 1 aliphatic rings. The molecule has 148 valence electrons. The highest BCUT2D eigenvalue weighted by molar-refractivity contribution is 6.30. The van der Waals surface area contributed by atoms with E-state index in [4.69, 9.17) is 16.3 Å². The highest BCUT2D eigenvalue weighted by Crippen LogP contribution is 2.24. The summed E-state index contributed by atoms with van der Waals surface area (Å²) in [7, 11) is 1.65. The minimum atomic E-state index is -0.236. The van der Waals surface area contributed by atoms with Gasteiger partial charge in [0.25, 0.3) is 5.91 Å². The van der Waals surface area contributed by atoms with Crippen molar-refractivity contribution in [3.8, 4) is 5.75 Å². The molecule has 3 rings (SSSR count). The van der Waals surface area contributed by atoms with Crippen LogP contribution in [0.25, 0.3) is 0 Å². The number of nitrogens with one attached hydrogen (secondary N) is 1. The summed E-state index contributed by atoms with van der Waals surface area (Å²) in [6.45, 7) is 3.50. The van der Waals surface area contributed by atoms with Gasteiger partial charge in [0, 0.05) is 48.9 Å². The summed E-state index contributed by atoms with van der Waals surface area (Å²) in [6, 6.07) is 14.5. The van der Waals surface area contributed by atoms with Gasteiger partial charge >= 0.3 is 0 Å². The molecule has 1 heterocycles. The molecule has 1 saturated heterocycles. The number of methoxy groups -OCH3 is 1. The maximum atomic E-state index is 12.4. The van der Waals surface area contributed by atoms with Gasteiger partial charge in [-0.15, -0.1) is 0 Å². The first kappa shape index (κ1) is 20.2. The van der Waals surface area contributed by atoms with Gasteiger partial charge < -0.3 is 15.0 Å². The normalized spacial score (nSPS) is 14.6. The molecule has 2 amide bonds. The molecule has 0 aliphatic carbocycles. The number of hydrogen-bond acceptors (Lipinski definition) is 4. The van der Waals surface area contributed by atoms with Crippen LogP contribution in [0.3, 0.4) is 0 Å². The predicted molar refractivity (Wildman–Crippen MR) is 109 cm³/mol. The molecule has 6 nitrogen and oxygen atoms in total. The number of carbonyl (C=O) groups is 2. The molecule has 0 unspecified atom stereocenters. The van der Waals surface area contributed by atoms with E-state index in [2.05, 4.69) is 10.2 Å². The molecule has 7 heteroatoms. The second kappa shape index (κ2) is 9.57. The van der Waals surface area contributed by atoms with Crippen LogP contribution in [0.1, 0.15) is 15.9 Å². The Bertz CT molecular complexity index is 821. The van der Waals surface area contributed by atoms with Crippen molar-refractivity contribution < 1.29 is 14.3 Å². The SMILES string of the molecule is COc1ccc(Cl)cc1CN1CCN(C(=O)CNC(=O)c2ccccc2)CC1. The van der Waals surface area contributed by atoms with Gasteiger partial charge in [-0.3, -0.25) is 14.5 Å². The fourth-order valence-corrected chi connectivity index (χ4v) is 3.42. The Morgan fingerprint density at radius 2 is 1.79 bits per heavy atom. The van der Waals surface area contributed by atoms with Crippen molar-refractivity contribution in [1.82, 2.24) is 15.1 Å². The van der Waals surface area contributed by atoms with E-state index in [9.17, 15) is 9.59 Å². The lowest BCUT2D eigenvalue weighted by molar-refractivity contribution is -0.131. The molecule has 0 radical (unpaired) electrons. The predicted octanol–water partition coefficient (Wildman–Crippen LogP) is 2.42. The number of rotatable bonds is 6. The van der Waals surface area contributed by atoms with Crippen LogP contribution >= 0.6 is 11.6 Å². The Labute approximate surface area is 170 Å². The van der Waals surface area contributed by atoms with Gasteiger partial charge in [0.2, 0.25) is 5.91 Å². The third-order valence-corrected chi connectivity index (χ3v) is 5.03. The number of nitrogens with zero attached hydrogens (tertiary/aromatic N) is 2. The number of amides is 2. The average molecular weight is 402 g/mol. The second-order valence-corrected chi connectivity index (χ2v) is 7.10. The first-order chi connectivity index (χ1) is 13.6. The minimum Gasteiger partial charge on any atom is -0.496 e. The zero-order valence-electron chi connectivity index (χ0n) is 15.9. The second-order valence-electron chi connectivity index (χ2n) is 6.66. The molecule has 2 aromatic carbocycles. The molecule has 0 aromatic heterocycles. The molecule has 28 heavy (non-hydrogen) atoms. The van der Waals surface area contributed by atoms with Gasteiger partial charge in [-0.25, -0.2) is 0 Å². The largest absolute Gasteiger partial charge is 0.496 e. The van der Waals surface area contributed by atoms with Gasteiger partial charge in [-0.1, -0.05) is 29.8 Å². The van der Waals surface area contributed by atoms with Crippen molar-refractivity contribution >= 4 is 23.4 Å². The van der Waals surface area contributed by atoms with Crippen LogP contribution in [-0.2, 0) is 11.3 Å². The molecule has 2 aromatic rings. The molecule has 0 atom stereocenters. The van der Waals surface area contributed by atoms with Gasteiger partial charge in [-0.05, 0) is 30.3 Å². The van der Waals surface area contributed by atoms with E-state index >= 15 is 0 Å². The fraction of sp³-hybridized carbons (Fsp3) is 0.333. The summed E-state index contributed by atoms with van der Waals surface area (Å²) in [4.78, 5) is 28.5. The fourth-order valence-electron chi connectivity index (χ4n) is 3.23. The maximum Gasteiger partial charge on any atom is 0.251 e. The molecule has 1 aliphatic heterocycles. The van der Waals surface area contributed by atoms with Gasteiger partial charge in [0.15, 0.2) is 0 Å². The lowest BCUT2D eigenvalue weighted by atomic mass is 10.1. The van der Waals surface area contributed by atoms with Crippen molar-refractivity contribution in [1.29, 1.82) is 0 Å². The number of piperazine rings is 1. The monoisotopic (exact) mass is 401 g/mol. The van der Waals surface area contributed by atoms with E-state index in [1.165, 1.54) is 0 Å². The summed E-state index contributed by atoms with van der Waals surface area (Å²) in [5.41, 5.74) is 1.58. The Hall–Kier alpha value is -2.57. The Kier molecular flexibility index (Phi) is 6.90. The number of ether oxygens (including phenoxy) is 1. The van der Waals surface area contributed by atoms with Gasteiger partial charge in [-0.2, -0.15) is 0 Å². The molecule has 1 N–H and O–H groups in total. The van der Waals surface area contributed by atoms with Gasteiger partial charge in [0.1, 0.15) is 5.75 Å². The zero-order valence-corrected chi connectivity index (χ0v) is 16.6. The lowest BCUT2D eigenvalue weighted by Gasteiger charge is -2.35. The Morgan fingerprint density at radius 1 is 1.07 bits per heavy atom. The third-order valence-electron chi connectivity index (χ3n) is 4.80. The standard InChI is InChI=1S/C21H24ClN3O3/c1-28-19-8-7-18(22)13-17(19)15-24-9-11-25(12-10-24)20(26)14-23-21(27)16-5-3-2-4-6-16/h2-8,13H,9-12,14-15H2,1H3,(H,23,27). The molecule has 1 fully saturated rings. The van der Waals surface area contributed by atoms with Crippen molar-refractivity contribution in [2.45, 2.75) is 6.54 Å². The van der Waals surface area contributed by atoms with Crippen molar-refractivity contribution in [3.05, 3.63) is 64.7 Å². The van der Waals surface area contributed by atoms with Crippen LogP contribution in [0.4, 0.5) is 0 Å². The Balaban J connectivity index is 1.46. The highest BCUT2D eigenvalue weighted by atomic mass is 35.5. The van der Waals surface area contributed by atoms with Gasteiger partial charge in [0.05, 0.1) is 13.7 Å². The molecule has 0 spiro atoms. The van der Waals surface area contributed by atoms with Crippen LogP contribution in [0.2, 0.25) is 5.02 Å². The van der Waals surface area contributed by atoms with E-state index in [-0.39, 0.29) is 18.4 Å². The first-order valence-electron chi connectivity index (χ1n) is 9.22. The van der Waals surface area contributed by atoms with E-state index in [0.717, 1.165) is 30.9 Å². The Morgan fingerprint density at radius 3 is 2.46 bits per heavy atom. The number of halogens is 1. The summed E-state index contributed by atoms with van der Waals surface area (Å²) in [5.74, 6) is 0.511. The van der Waals surface area contributed by atoms with E-state index in [1.54, 1.807) is 36.3 Å². The molecular weight excluding hydrogens is 378 g/mol. The van der Waals surface area contributed by atoms with E-state index in [0.29, 0.717) is 23.7 Å². The third kappa shape index (κ3) is 5.24. The smallest absolute Gasteiger partial charge is 0.251 e. The minimum absolute atomic E-state index is 0.00977. The van der Waals surface area contributed by atoms with Crippen molar-refractivity contribution in [2.24, 2.45) is 0 Å². The quantitative estimate of drug-likeness (QED) is 0.807. The van der Waals surface area contributed by atoms with E-state index in [1.807, 2.05) is 24.3 Å². The number of hydrogen-bond donors (Lipinski definition) is 1. The summed E-state index contributed by atoms with van der Waals surface area (Å²) >= 11 is 6.10. The molecule has 0 bridgehead atoms.